The summed E-state index contributed by atoms with van der Waals surface area (Å²) in [5, 5.41) is 0. The van der Waals surface area contributed by atoms with Crippen LogP contribution in [0.15, 0.2) is 18.5 Å². The van der Waals surface area contributed by atoms with E-state index in [1.54, 1.807) is 12.4 Å². The van der Waals surface area contributed by atoms with Crippen molar-refractivity contribution in [3.05, 3.63) is 18.5 Å². The van der Waals surface area contributed by atoms with E-state index in [0.29, 0.717) is 5.92 Å². The lowest BCUT2D eigenvalue weighted by Crippen LogP contribution is -2.30. The fraction of sp³-hybridized carbons (Fsp3) is 0.636. The largest absolute Gasteiger partial charge is 0.381 e. The Morgan fingerprint density at radius 2 is 2.27 bits per heavy atom. The van der Waals surface area contributed by atoms with Crippen molar-refractivity contribution < 1.29 is 4.74 Å². The van der Waals surface area contributed by atoms with Crippen molar-refractivity contribution >= 4 is 5.95 Å². The summed E-state index contributed by atoms with van der Waals surface area (Å²) in [6, 6.07) is 1.84. The molecule has 0 amide bonds. The van der Waals surface area contributed by atoms with Crippen LogP contribution in [0.2, 0.25) is 0 Å². The molecule has 0 unspecified atom stereocenters. The molecular weight excluding hydrogens is 190 g/mol. The summed E-state index contributed by atoms with van der Waals surface area (Å²) in [5.41, 5.74) is 0. The second-order valence-corrected chi connectivity index (χ2v) is 3.82. The van der Waals surface area contributed by atoms with E-state index in [9.17, 15) is 0 Å². The van der Waals surface area contributed by atoms with Gasteiger partial charge < -0.3 is 9.64 Å². The Kier molecular flexibility index (Phi) is 3.50. The molecule has 1 aliphatic rings. The summed E-state index contributed by atoms with van der Waals surface area (Å²) in [7, 11) is 0. The SMILES string of the molecule is CCN(C[C@H]1CCOC1)c1ncccn1. The molecule has 0 spiro atoms. The second-order valence-electron chi connectivity index (χ2n) is 3.82. The van der Waals surface area contributed by atoms with Crippen molar-refractivity contribution in [3.8, 4) is 0 Å². The molecular formula is C11H17N3O. The van der Waals surface area contributed by atoms with Gasteiger partial charge in [0.05, 0.1) is 6.61 Å². The van der Waals surface area contributed by atoms with E-state index < -0.39 is 0 Å². The first-order valence-electron chi connectivity index (χ1n) is 5.50. The average Bonchev–Trinajstić information content (AvgIpc) is 2.80. The van der Waals surface area contributed by atoms with Crippen LogP contribution >= 0.6 is 0 Å². The Labute approximate surface area is 90.3 Å². The number of ether oxygens (including phenoxy) is 1. The summed E-state index contributed by atoms with van der Waals surface area (Å²) >= 11 is 0. The topological polar surface area (TPSA) is 38.2 Å². The highest BCUT2D eigenvalue weighted by molar-refractivity contribution is 5.27. The van der Waals surface area contributed by atoms with Gasteiger partial charge in [-0.3, -0.25) is 0 Å². The van der Waals surface area contributed by atoms with Gasteiger partial charge in [0.1, 0.15) is 0 Å². The van der Waals surface area contributed by atoms with Gasteiger partial charge in [-0.1, -0.05) is 0 Å². The molecule has 1 fully saturated rings. The Hall–Kier alpha value is -1.16. The predicted molar refractivity (Wildman–Crippen MR) is 58.8 cm³/mol. The van der Waals surface area contributed by atoms with Crippen LogP contribution in [0.5, 0.6) is 0 Å². The van der Waals surface area contributed by atoms with Crippen molar-refractivity contribution in [1.29, 1.82) is 0 Å². The van der Waals surface area contributed by atoms with E-state index in [1.165, 1.54) is 0 Å². The lowest BCUT2D eigenvalue weighted by atomic mass is 10.1. The van der Waals surface area contributed by atoms with Crippen LogP contribution in [0.4, 0.5) is 5.95 Å². The van der Waals surface area contributed by atoms with Crippen molar-refractivity contribution in [2.45, 2.75) is 13.3 Å². The smallest absolute Gasteiger partial charge is 0.225 e. The molecule has 2 heterocycles. The second kappa shape index (κ2) is 5.07. The molecule has 0 radical (unpaired) electrons. The van der Waals surface area contributed by atoms with Gasteiger partial charge in [-0.25, -0.2) is 9.97 Å². The molecule has 1 saturated heterocycles. The van der Waals surface area contributed by atoms with Gasteiger partial charge in [0.15, 0.2) is 0 Å². The summed E-state index contributed by atoms with van der Waals surface area (Å²) in [4.78, 5) is 10.7. The number of aromatic nitrogens is 2. The summed E-state index contributed by atoms with van der Waals surface area (Å²) < 4.78 is 5.37. The Morgan fingerprint density at radius 3 is 2.87 bits per heavy atom. The summed E-state index contributed by atoms with van der Waals surface area (Å²) in [6.45, 7) is 5.86. The van der Waals surface area contributed by atoms with Crippen molar-refractivity contribution in [2.75, 3.05) is 31.2 Å². The molecule has 1 atom stereocenters. The van der Waals surface area contributed by atoms with E-state index in [-0.39, 0.29) is 0 Å². The first-order valence-corrected chi connectivity index (χ1v) is 5.50. The number of rotatable bonds is 4. The lowest BCUT2D eigenvalue weighted by molar-refractivity contribution is 0.186. The standard InChI is InChI=1S/C11H17N3O/c1-2-14(8-10-4-7-15-9-10)11-12-5-3-6-13-11/h3,5-6,10H,2,4,7-9H2,1H3/t10-/m1/s1. The van der Waals surface area contributed by atoms with E-state index in [1.807, 2.05) is 6.07 Å². The van der Waals surface area contributed by atoms with Gasteiger partial charge in [0.25, 0.3) is 0 Å². The Bertz CT molecular complexity index is 285. The molecule has 1 aliphatic heterocycles. The third kappa shape index (κ3) is 2.65. The first-order chi connectivity index (χ1) is 7.40. The van der Waals surface area contributed by atoms with Crippen LogP contribution in [0.1, 0.15) is 13.3 Å². The van der Waals surface area contributed by atoms with Crippen LogP contribution in [-0.4, -0.2) is 36.3 Å². The number of anilines is 1. The van der Waals surface area contributed by atoms with Gasteiger partial charge in [-0.05, 0) is 19.4 Å². The monoisotopic (exact) mass is 207 g/mol. The highest BCUT2D eigenvalue weighted by Crippen LogP contribution is 2.16. The maximum absolute atomic E-state index is 5.37. The van der Waals surface area contributed by atoms with E-state index in [2.05, 4.69) is 21.8 Å². The molecule has 2 rings (SSSR count). The van der Waals surface area contributed by atoms with Crippen LogP contribution in [0.25, 0.3) is 0 Å². The predicted octanol–water partition coefficient (Wildman–Crippen LogP) is 1.34. The number of hydrogen-bond donors (Lipinski definition) is 0. The van der Waals surface area contributed by atoms with Crippen LogP contribution in [0, 0.1) is 5.92 Å². The summed E-state index contributed by atoms with van der Waals surface area (Å²) in [5.74, 6) is 1.46. The van der Waals surface area contributed by atoms with Crippen LogP contribution < -0.4 is 4.90 Å². The quantitative estimate of drug-likeness (QED) is 0.746. The van der Waals surface area contributed by atoms with Gasteiger partial charge >= 0.3 is 0 Å². The van der Waals surface area contributed by atoms with E-state index in [4.69, 9.17) is 4.74 Å². The van der Waals surface area contributed by atoms with Gasteiger partial charge in [0, 0.05) is 38.0 Å². The van der Waals surface area contributed by atoms with Crippen LogP contribution in [-0.2, 0) is 4.74 Å². The highest BCUT2D eigenvalue weighted by atomic mass is 16.5. The molecule has 0 saturated carbocycles. The third-order valence-electron chi connectivity index (χ3n) is 2.72. The molecule has 4 nitrogen and oxygen atoms in total. The molecule has 1 aromatic rings. The molecule has 0 aliphatic carbocycles. The zero-order valence-electron chi connectivity index (χ0n) is 9.09. The molecule has 0 aromatic carbocycles. The molecule has 0 bridgehead atoms. The highest BCUT2D eigenvalue weighted by Gasteiger charge is 2.19. The normalized spacial score (nSPS) is 20.5. The average molecular weight is 207 g/mol. The first kappa shape index (κ1) is 10.4. The number of hydrogen-bond acceptors (Lipinski definition) is 4. The zero-order chi connectivity index (χ0) is 10.5. The van der Waals surface area contributed by atoms with Crippen LogP contribution in [0.3, 0.4) is 0 Å². The molecule has 15 heavy (non-hydrogen) atoms. The third-order valence-corrected chi connectivity index (χ3v) is 2.72. The van der Waals surface area contributed by atoms with E-state index in [0.717, 1.165) is 38.7 Å². The maximum Gasteiger partial charge on any atom is 0.225 e. The molecule has 4 heteroatoms. The fourth-order valence-corrected chi connectivity index (χ4v) is 1.85. The van der Waals surface area contributed by atoms with Crippen molar-refractivity contribution in [3.63, 3.8) is 0 Å². The van der Waals surface area contributed by atoms with Crippen molar-refractivity contribution in [1.82, 2.24) is 9.97 Å². The van der Waals surface area contributed by atoms with E-state index >= 15 is 0 Å². The molecule has 82 valence electrons. The maximum atomic E-state index is 5.37. The fourth-order valence-electron chi connectivity index (χ4n) is 1.85. The minimum Gasteiger partial charge on any atom is -0.381 e. The van der Waals surface area contributed by atoms with Gasteiger partial charge in [0.2, 0.25) is 5.95 Å². The molecule has 1 aromatic heterocycles. The minimum absolute atomic E-state index is 0.633. The van der Waals surface area contributed by atoms with Gasteiger partial charge in [-0.2, -0.15) is 0 Å². The van der Waals surface area contributed by atoms with Crippen molar-refractivity contribution in [2.24, 2.45) is 5.92 Å². The minimum atomic E-state index is 0.633. The zero-order valence-corrected chi connectivity index (χ0v) is 9.09. The lowest BCUT2D eigenvalue weighted by Gasteiger charge is -2.23. The molecule has 0 N–H and O–H groups in total. The Balaban J connectivity index is 1.97. The van der Waals surface area contributed by atoms with Gasteiger partial charge in [-0.15, -0.1) is 0 Å². The Morgan fingerprint density at radius 1 is 1.47 bits per heavy atom. The summed E-state index contributed by atoms with van der Waals surface area (Å²) in [6.07, 6.45) is 4.73. The number of nitrogens with zero attached hydrogens (tertiary/aromatic N) is 3.